The van der Waals surface area contributed by atoms with Gasteiger partial charge >= 0.3 is 0 Å². The fraction of sp³-hybridized carbons (Fsp3) is 0.444. The molecular weight excluding hydrogens is 276 g/mol. The maximum absolute atomic E-state index is 3.56. The molecule has 1 atom stereocenters. The van der Waals surface area contributed by atoms with Gasteiger partial charge in [-0.1, -0.05) is 30.3 Å². The summed E-state index contributed by atoms with van der Waals surface area (Å²) < 4.78 is 0. The molecule has 1 aromatic carbocycles. The Bertz CT molecular complexity index is 562. The second-order valence-corrected chi connectivity index (χ2v) is 7.06. The lowest BCUT2D eigenvalue weighted by atomic mass is 9.96. The summed E-state index contributed by atoms with van der Waals surface area (Å²) in [5.41, 5.74) is 2.96. The number of nitrogens with zero attached hydrogens (tertiary/aromatic N) is 1. The summed E-state index contributed by atoms with van der Waals surface area (Å²) >= 11 is 1.86. The van der Waals surface area contributed by atoms with Crippen molar-refractivity contribution in [2.24, 2.45) is 0 Å². The van der Waals surface area contributed by atoms with Crippen LogP contribution in [0.25, 0.3) is 0 Å². The minimum absolute atomic E-state index is 0.512. The highest BCUT2D eigenvalue weighted by Crippen LogP contribution is 2.32. The van der Waals surface area contributed by atoms with Gasteiger partial charge in [-0.05, 0) is 49.4 Å². The Morgan fingerprint density at radius 2 is 2.10 bits per heavy atom. The summed E-state index contributed by atoms with van der Waals surface area (Å²) in [5, 5.41) is 5.74. The van der Waals surface area contributed by atoms with Crippen LogP contribution in [0.3, 0.4) is 0 Å². The van der Waals surface area contributed by atoms with Gasteiger partial charge in [-0.3, -0.25) is 4.90 Å². The van der Waals surface area contributed by atoms with Crippen LogP contribution in [0, 0.1) is 0 Å². The SMILES string of the molecule is CC(C)N(Cc1cccs1)C1CCNCc2ccccc21. The van der Waals surface area contributed by atoms with Crippen molar-refractivity contribution < 1.29 is 0 Å². The summed E-state index contributed by atoms with van der Waals surface area (Å²) in [6.07, 6.45) is 1.18. The quantitative estimate of drug-likeness (QED) is 0.910. The van der Waals surface area contributed by atoms with Gasteiger partial charge in [-0.25, -0.2) is 0 Å². The van der Waals surface area contributed by atoms with Crippen molar-refractivity contribution >= 4 is 11.3 Å². The molecule has 3 rings (SSSR count). The standard InChI is InChI=1S/C18H24N2S/c1-14(2)20(13-16-7-5-11-21-16)18-9-10-19-12-15-6-3-4-8-17(15)18/h3-8,11,14,18-19H,9-10,12-13H2,1-2H3. The molecule has 0 spiro atoms. The minimum atomic E-state index is 0.512. The van der Waals surface area contributed by atoms with Gasteiger partial charge in [-0.15, -0.1) is 11.3 Å². The topological polar surface area (TPSA) is 15.3 Å². The van der Waals surface area contributed by atoms with E-state index < -0.39 is 0 Å². The fourth-order valence-corrected chi connectivity index (χ4v) is 3.93. The van der Waals surface area contributed by atoms with Crippen LogP contribution < -0.4 is 5.32 Å². The molecule has 21 heavy (non-hydrogen) atoms. The molecule has 0 bridgehead atoms. The molecule has 1 N–H and O–H groups in total. The number of rotatable bonds is 4. The molecule has 0 saturated carbocycles. The van der Waals surface area contributed by atoms with Crippen molar-refractivity contribution in [3.05, 3.63) is 57.8 Å². The predicted molar refractivity (Wildman–Crippen MR) is 90.5 cm³/mol. The van der Waals surface area contributed by atoms with Crippen LogP contribution >= 0.6 is 11.3 Å². The Kier molecular flexibility index (Phi) is 4.73. The van der Waals surface area contributed by atoms with Gasteiger partial charge in [-0.2, -0.15) is 0 Å². The molecule has 0 radical (unpaired) electrons. The van der Waals surface area contributed by atoms with Crippen LogP contribution in [-0.2, 0) is 13.1 Å². The molecule has 3 heteroatoms. The van der Waals surface area contributed by atoms with E-state index >= 15 is 0 Å². The lowest BCUT2D eigenvalue weighted by molar-refractivity contribution is 0.139. The van der Waals surface area contributed by atoms with Gasteiger partial charge in [0.15, 0.2) is 0 Å². The van der Waals surface area contributed by atoms with Crippen molar-refractivity contribution in [1.29, 1.82) is 0 Å². The molecule has 2 nitrogen and oxygen atoms in total. The molecule has 1 aliphatic rings. The molecule has 0 amide bonds. The Morgan fingerprint density at radius 1 is 1.24 bits per heavy atom. The molecule has 2 aromatic rings. The monoisotopic (exact) mass is 300 g/mol. The number of hydrogen-bond donors (Lipinski definition) is 1. The van der Waals surface area contributed by atoms with Gasteiger partial charge in [0, 0.05) is 30.1 Å². The van der Waals surface area contributed by atoms with Crippen molar-refractivity contribution in [2.75, 3.05) is 6.54 Å². The van der Waals surface area contributed by atoms with Crippen molar-refractivity contribution in [3.63, 3.8) is 0 Å². The zero-order valence-corrected chi connectivity index (χ0v) is 13.7. The van der Waals surface area contributed by atoms with Crippen LogP contribution in [0.4, 0.5) is 0 Å². The predicted octanol–water partition coefficient (Wildman–Crippen LogP) is 4.19. The molecule has 112 valence electrons. The van der Waals surface area contributed by atoms with Crippen LogP contribution in [0.15, 0.2) is 41.8 Å². The van der Waals surface area contributed by atoms with Gasteiger partial charge in [0.25, 0.3) is 0 Å². The third-order valence-electron chi connectivity index (χ3n) is 4.31. The highest BCUT2D eigenvalue weighted by Gasteiger charge is 2.26. The van der Waals surface area contributed by atoms with Gasteiger partial charge in [0.1, 0.15) is 0 Å². The first-order chi connectivity index (χ1) is 10.3. The molecule has 1 aromatic heterocycles. The lowest BCUT2D eigenvalue weighted by Gasteiger charge is -2.35. The smallest absolute Gasteiger partial charge is 0.0369 e. The summed E-state index contributed by atoms with van der Waals surface area (Å²) in [6.45, 7) is 7.77. The first-order valence-electron chi connectivity index (χ1n) is 7.82. The normalized spacial score (nSPS) is 18.8. The Hall–Kier alpha value is -1.16. The number of benzene rings is 1. The highest BCUT2D eigenvalue weighted by atomic mass is 32.1. The van der Waals surface area contributed by atoms with Crippen molar-refractivity contribution in [1.82, 2.24) is 10.2 Å². The maximum atomic E-state index is 3.56. The van der Waals surface area contributed by atoms with E-state index in [2.05, 4.69) is 65.8 Å². The van der Waals surface area contributed by atoms with Crippen LogP contribution in [-0.4, -0.2) is 17.5 Å². The van der Waals surface area contributed by atoms with E-state index in [9.17, 15) is 0 Å². The Balaban J connectivity index is 1.91. The van der Waals surface area contributed by atoms with Crippen LogP contribution in [0.2, 0.25) is 0 Å². The average molecular weight is 300 g/mol. The number of nitrogens with one attached hydrogen (secondary N) is 1. The zero-order valence-electron chi connectivity index (χ0n) is 12.9. The maximum Gasteiger partial charge on any atom is 0.0369 e. The molecular formula is C18H24N2S. The molecule has 0 fully saturated rings. The molecule has 2 heterocycles. The molecule has 0 aliphatic carbocycles. The van der Waals surface area contributed by atoms with Crippen molar-refractivity contribution in [3.8, 4) is 0 Å². The minimum Gasteiger partial charge on any atom is -0.313 e. The summed E-state index contributed by atoms with van der Waals surface area (Å²) in [6, 6.07) is 14.4. The number of thiophene rings is 1. The Labute approximate surface area is 131 Å². The summed E-state index contributed by atoms with van der Waals surface area (Å²) in [7, 11) is 0. The van der Waals surface area contributed by atoms with E-state index in [1.165, 1.54) is 22.4 Å². The molecule has 0 saturated heterocycles. The van der Waals surface area contributed by atoms with E-state index in [0.717, 1.165) is 19.6 Å². The average Bonchev–Trinajstić information content (AvgIpc) is 2.90. The van der Waals surface area contributed by atoms with Gasteiger partial charge in [0.2, 0.25) is 0 Å². The zero-order chi connectivity index (χ0) is 14.7. The number of hydrogen-bond acceptors (Lipinski definition) is 3. The van der Waals surface area contributed by atoms with Gasteiger partial charge < -0.3 is 5.32 Å². The van der Waals surface area contributed by atoms with Crippen molar-refractivity contribution in [2.45, 2.75) is 45.4 Å². The van der Waals surface area contributed by atoms with Crippen LogP contribution in [0.5, 0.6) is 0 Å². The first-order valence-corrected chi connectivity index (χ1v) is 8.70. The first kappa shape index (κ1) is 14.8. The van der Waals surface area contributed by atoms with Gasteiger partial charge in [0.05, 0.1) is 0 Å². The Morgan fingerprint density at radius 3 is 2.86 bits per heavy atom. The third kappa shape index (κ3) is 3.37. The van der Waals surface area contributed by atoms with Crippen LogP contribution in [0.1, 0.15) is 42.3 Å². The lowest BCUT2D eigenvalue weighted by Crippen LogP contribution is -2.35. The fourth-order valence-electron chi connectivity index (χ4n) is 3.22. The van der Waals surface area contributed by atoms with E-state index in [1.54, 1.807) is 0 Å². The second kappa shape index (κ2) is 6.73. The summed E-state index contributed by atoms with van der Waals surface area (Å²) in [4.78, 5) is 4.11. The molecule has 1 unspecified atom stereocenters. The summed E-state index contributed by atoms with van der Waals surface area (Å²) in [5.74, 6) is 0. The largest absolute Gasteiger partial charge is 0.313 e. The highest BCUT2D eigenvalue weighted by molar-refractivity contribution is 7.09. The van der Waals surface area contributed by atoms with E-state index in [-0.39, 0.29) is 0 Å². The third-order valence-corrected chi connectivity index (χ3v) is 5.17. The van der Waals surface area contributed by atoms with E-state index in [1.807, 2.05) is 11.3 Å². The number of fused-ring (bicyclic) bond motifs is 1. The second-order valence-electron chi connectivity index (χ2n) is 6.03. The van der Waals surface area contributed by atoms with E-state index in [4.69, 9.17) is 0 Å². The molecule has 1 aliphatic heterocycles. The van der Waals surface area contributed by atoms with E-state index in [0.29, 0.717) is 12.1 Å².